The molecule has 1 saturated carbocycles. The zero-order valence-electron chi connectivity index (χ0n) is 11.2. The van der Waals surface area contributed by atoms with Crippen molar-refractivity contribution in [2.45, 2.75) is 38.2 Å². The van der Waals surface area contributed by atoms with Gasteiger partial charge in [-0.2, -0.15) is 0 Å². The summed E-state index contributed by atoms with van der Waals surface area (Å²) in [5.41, 5.74) is 3.26. The van der Waals surface area contributed by atoms with Gasteiger partial charge in [0.25, 0.3) is 0 Å². The van der Waals surface area contributed by atoms with Gasteiger partial charge in [-0.25, -0.2) is 0 Å². The molecule has 1 heterocycles. The molecule has 19 heavy (non-hydrogen) atoms. The van der Waals surface area contributed by atoms with Crippen LogP contribution in [-0.2, 0) is 11.3 Å². The van der Waals surface area contributed by atoms with E-state index in [1.54, 1.807) is 7.11 Å². The van der Waals surface area contributed by atoms with Crippen LogP contribution >= 0.6 is 11.6 Å². The molecule has 1 aromatic carbocycles. The van der Waals surface area contributed by atoms with Gasteiger partial charge in [0.2, 0.25) is 0 Å². The van der Waals surface area contributed by atoms with E-state index in [1.165, 1.54) is 25.7 Å². The molecule has 0 amide bonds. The maximum absolute atomic E-state index is 6.43. The Hall–Kier alpha value is -1.12. The molecule has 0 N–H and O–H groups in total. The Bertz CT molecular complexity index is 591. The van der Waals surface area contributed by atoms with Crippen molar-refractivity contribution in [2.75, 3.05) is 7.11 Å². The summed E-state index contributed by atoms with van der Waals surface area (Å²) in [6.07, 6.45) is 5.09. The van der Waals surface area contributed by atoms with E-state index in [-0.39, 0.29) is 0 Å². The molecule has 1 aliphatic rings. The molecule has 2 nitrogen and oxygen atoms in total. The van der Waals surface area contributed by atoms with Crippen LogP contribution in [0.25, 0.3) is 10.9 Å². The van der Waals surface area contributed by atoms with Crippen LogP contribution in [-0.4, -0.2) is 12.1 Å². The van der Waals surface area contributed by atoms with Gasteiger partial charge in [0.15, 0.2) is 0 Å². The molecular weight excluding hydrogens is 258 g/mol. The summed E-state index contributed by atoms with van der Waals surface area (Å²) in [7, 11) is 1.71. The van der Waals surface area contributed by atoms with Crippen molar-refractivity contribution in [1.29, 1.82) is 0 Å². The molecule has 100 valence electrons. The van der Waals surface area contributed by atoms with E-state index in [2.05, 4.69) is 12.1 Å². The van der Waals surface area contributed by atoms with Crippen LogP contribution in [0.15, 0.2) is 24.3 Å². The van der Waals surface area contributed by atoms with Crippen LogP contribution in [0.3, 0.4) is 0 Å². The van der Waals surface area contributed by atoms with Crippen LogP contribution in [0.4, 0.5) is 0 Å². The fourth-order valence-corrected chi connectivity index (χ4v) is 3.25. The fraction of sp³-hybridized carbons (Fsp3) is 0.438. The number of para-hydroxylation sites is 1. The molecule has 1 aromatic heterocycles. The van der Waals surface area contributed by atoms with Crippen LogP contribution in [0.5, 0.6) is 0 Å². The topological polar surface area (TPSA) is 22.1 Å². The van der Waals surface area contributed by atoms with Crippen molar-refractivity contribution in [2.24, 2.45) is 0 Å². The molecule has 0 radical (unpaired) electrons. The Balaban J connectivity index is 2.13. The third-order valence-corrected chi connectivity index (χ3v) is 4.28. The second kappa shape index (κ2) is 5.48. The summed E-state index contributed by atoms with van der Waals surface area (Å²) < 4.78 is 5.26. The summed E-state index contributed by atoms with van der Waals surface area (Å²) in [4.78, 5) is 4.87. The Labute approximate surface area is 118 Å². The van der Waals surface area contributed by atoms with Crippen molar-refractivity contribution in [1.82, 2.24) is 4.98 Å². The van der Waals surface area contributed by atoms with Crippen molar-refractivity contribution in [3.63, 3.8) is 0 Å². The van der Waals surface area contributed by atoms with E-state index >= 15 is 0 Å². The van der Waals surface area contributed by atoms with Gasteiger partial charge in [-0.15, -0.1) is 0 Å². The SMILES string of the molecule is COCc1cccc2c(Cl)cc(C3CCCC3)nc12. The second-order valence-electron chi connectivity index (χ2n) is 5.26. The van der Waals surface area contributed by atoms with Gasteiger partial charge < -0.3 is 4.74 Å². The van der Waals surface area contributed by atoms with Gasteiger partial charge in [0.1, 0.15) is 0 Å². The van der Waals surface area contributed by atoms with Gasteiger partial charge in [0.05, 0.1) is 17.1 Å². The van der Waals surface area contributed by atoms with E-state index < -0.39 is 0 Å². The maximum Gasteiger partial charge on any atom is 0.0775 e. The van der Waals surface area contributed by atoms with Gasteiger partial charge in [-0.3, -0.25) is 4.98 Å². The van der Waals surface area contributed by atoms with E-state index in [0.29, 0.717) is 12.5 Å². The Morgan fingerprint density at radius 2 is 2.11 bits per heavy atom. The van der Waals surface area contributed by atoms with E-state index in [4.69, 9.17) is 21.3 Å². The number of halogens is 1. The highest BCUT2D eigenvalue weighted by Crippen LogP contribution is 2.36. The standard InChI is InChI=1S/C16H18ClNO/c1-19-10-12-7-4-8-13-14(17)9-15(18-16(12)13)11-5-2-3-6-11/h4,7-9,11H,2-3,5-6,10H2,1H3. The van der Waals surface area contributed by atoms with Gasteiger partial charge in [-0.05, 0) is 18.9 Å². The highest BCUT2D eigenvalue weighted by atomic mass is 35.5. The molecule has 0 spiro atoms. The molecule has 3 heteroatoms. The lowest BCUT2D eigenvalue weighted by Gasteiger charge is -2.13. The number of hydrogen-bond donors (Lipinski definition) is 0. The number of benzene rings is 1. The first-order valence-corrected chi connectivity index (χ1v) is 7.24. The monoisotopic (exact) mass is 275 g/mol. The number of methoxy groups -OCH3 is 1. The molecule has 2 aromatic rings. The maximum atomic E-state index is 6.43. The molecule has 0 bridgehead atoms. The molecule has 1 aliphatic carbocycles. The number of pyridine rings is 1. The minimum atomic E-state index is 0.578. The van der Waals surface area contributed by atoms with Crippen LogP contribution in [0.2, 0.25) is 5.02 Å². The van der Waals surface area contributed by atoms with Crippen molar-refractivity contribution < 1.29 is 4.74 Å². The molecule has 3 rings (SSSR count). The number of aromatic nitrogens is 1. The summed E-state index contributed by atoms with van der Waals surface area (Å²) in [6, 6.07) is 8.16. The lowest BCUT2D eigenvalue weighted by molar-refractivity contribution is 0.186. The summed E-state index contributed by atoms with van der Waals surface area (Å²) >= 11 is 6.43. The Kier molecular flexibility index (Phi) is 3.72. The van der Waals surface area contributed by atoms with E-state index in [9.17, 15) is 0 Å². The largest absolute Gasteiger partial charge is 0.380 e. The van der Waals surface area contributed by atoms with Crippen LogP contribution in [0, 0.1) is 0 Å². The first kappa shape index (κ1) is 12.9. The van der Waals surface area contributed by atoms with Crippen LogP contribution < -0.4 is 0 Å². The lowest BCUT2D eigenvalue weighted by atomic mass is 10.0. The Morgan fingerprint density at radius 3 is 2.84 bits per heavy atom. The highest BCUT2D eigenvalue weighted by molar-refractivity contribution is 6.35. The third-order valence-electron chi connectivity index (χ3n) is 3.97. The summed E-state index contributed by atoms with van der Waals surface area (Å²) in [6.45, 7) is 0.578. The quantitative estimate of drug-likeness (QED) is 0.810. The predicted molar refractivity (Wildman–Crippen MR) is 78.7 cm³/mol. The molecule has 0 atom stereocenters. The van der Waals surface area contributed by atoms with Gasteiger partial charge in [0, 0.05) is 29.7 Å². The average molecular weight is 276 g/mol. The smallest absolute Gasteiger partial charge is 0.0775 e. The first-order valence-electron chi connectivity index (χ1n) is 6.86. The van der Waals surface area contributed by atoms with Crippen molar-refractivity contribution >= 4 is 22.5 Å². The lowest BCUT2D eigenvalue weighted by Crippen LogP contribution is -1.99. The predicted octanol–water partition coefficient (Wildman–Crippen LogP) is 4.69. The zero-order valence-corrected chi connectivity index (χ0v) is 11.9. The number of hydrogen-bond acceptors (Lipinski definition) is 2. The molecule has 0 aliphatic heterocycles. The van der Waals surface area contributed by atoms with E-state index in [1.807, 2.05) is 12.1 Å². The second-order valence-corrected chi connectivity index (χ2v) is 5.66. The molecule has 1 fully saturated rings. The van der Waals surface area contributed by atoms with Gasteiger partial charge in [-0.1, -0.05) is 42.6 Å². The Morgan fingerprint density at radius 1 is 1.32 bits per heavy atom. The minimum Gasteiger partial charge on any atom is -0.380 e. The fourth-order valence-electron chi connectivity index (χ4n) is 2.99. The molecular formula is C16H18ClNO. The number of fused-ring (bicyclic) bond motifs is 1. The minimum absolute atomic E-state index is 0.578. The third kappa shape index (κ3) is 2.47. The summed E-state index contributed by atoms with van der Waals surface area (Å²) in [5, 5.41) is 1.84. The number of ether oxygens (including phenoxy) is 1. The van der Waals surface area contributed by atoms with Crippen molar-refractivity contribution in [3.05, 3.63) is 40.5 Å². The first-order chi connectivity index (χ1) is 9.29. The normalized spacial score (nSPS) is 16.3. The summed E-state index contributed by atoms with van der Waals surface area (Å²) in [5.74, 6) is 0.581. The van der Waals surface area contributed by atoms with Crippen molar-refractivity contribution in [3.8, 4) is 0 Å². The van der Waals surface area contributed by atoms with E-state index in [0.717, 1.165) is 27.2 Å². The zero-order chi connectivity index (χ0) is 13.2. The number of nitrogens with zero attached hydrogens (tertiary/aromatic N) is 1. The van der Waals surface area contributed by atoms with Crippen LogP contribution in [0.1, 0.15) is 42.9 Å². The van der Waals surface area contributed by atoms with Gasteiger partial charge >= 0.3 is 0 Å². The number of rotatable bonds is 3. The molecule has 0 saturated heterocycles. The highest BCUT2D eigenvalue weighted by Gasteiger charge is 2.20. The average Bonchev–Trinajstić information content (AvgIpc) is 2.94. The molecule has 0 unspecified atom stereocenters.